The maximum absolute atomic E-state index is 11.8. The highest BCUT2D eigenvalue weighted by molar-refractivity contribution is 5.76. The van der Waals surface area contributed by atoms with Gasteiger partial charge >= 0.3 is 0 Å². The molecule has 0 bridgehead atoms. The molecule has 1 aliphatic carbocycles. The number of hydrogen-bond acceptors (Lipinski definition) is 2. The Hall–Kier alpha value is -1.51. The second-order valence-corrected chi connectivity index (χ2v) is 5.77. The number of amides is 1. The molecule has 0 unspecified atom stereocenters. The highest BCUT2D eigenvalue weighted by Gasteiger charge is 2.41. The van der Waals surface area contributed by atoms with Gasteiger partial charge in [-0.2, -0.15) is 0 Å². The molecule has 19 heavy (non-hydrogen) atoms. The minimum atomic E-state index is 0.157. The van der Waals surface area contributed by atoms with E-state index in [1.54, 1.807) is 0 Å². The number of aryl methyl sites for hydroxylation is 1. The van der Waals surface area contributed by atoms with E-state index in [1.165, 1.54) is 25.7 Å². The average Bonchev–Trinajstić information content (AvgIpc) is 3.15. The summed E-state index contributed by atoms with van der Waals surface area (Å²) in [4.78, 5) is 11.8. The zero-order chi connectivity index (χ0) is 13.7. The fourth-order valence-electron chi connectivity index (χ4n) is 2.60. The zero-order valence-corrected chi connectivity index (χ0v) is 11.7. The number of hydrogen-bond donors (Lipinski definition) is 2. The van der Waals surface area contributed by atoms with Crippen LogP contribution in [0.25, 0.3) is 0 Å². The minimum absolute atomic E-state index is 0.157. The van der Waals surface area contributed by atoms with Crippen LogP contribution in [-0.2, 0) is 11.2 Å². The van der Waals surface area contributed by atoms with Crippen molar-refractivity contribution in [1.29, 1.82) is 0 Å². The number of nitrogen functional groups attached to an aromatic ring is 1. The fourth-order valence-corrected chi connectivity index (χ4v) is 2.60. The van der Waals surface area contributed by atoms with Gasteiger partial charge < -0.3 is 11.1 Å². The smallest absolute Gasteiger partial charge is 0.220 e. The van der Waals surface area contributed by atoms with Gasteiger partial charge in [0.05, 0.1) is 0 Å². The molecule has 0 aliphatic heterocycles. The van der Waals surface area contributed by atoms with Gasteiger partial charge in [-0.3, -0.25) is 4.79 Å². The lowest BCUT2D eigenvalue weighted by molar-refractivity contribution is -0.121. The third-order valence-electron chi connectivity index (χ3n) is 3.99. The molecule has 1 aliphatic rings. The highest BCUT2D eigenvalue weighted by Crippen LogP contribution is 2.48. The molecule has 2 rings (SSSR count). The van der Waals surface area contributed by atoms with Crippen molar-refractivity contribution in [3.8, 4) is 0 Å². The third-order valence-corrected chi connectivity index (χ3v) is 3.99. The zero-order valence-electron chi connectivity index (χ0n) is 11.7. The van der Waals surface area contributed by atoms with Crippen molar-refractivity contribution < 1.29 is 4.79 Å². The van der Waals surface area contributed by atoms with Gasteiger partial charge in [-0.25, -0.2) is 0 Å². The Balaban J connectivity index is 1.70. The predicted octanol–water partition coefficient (Wildman–Crippen LogP) is 2.90. The summed E-state index contributed by atoms with van der Waals surface area (Å²) in [5.41, 5.74) is 8.05. The minimum Gasteiger partial charge on any atom is -0.399 e. The average molecular weight is 260 g/mol. The first-order valence-corrected chi connectivity index (χ1v) is 7.25. The Morgan fingerprint density at radius 3 is 2.84 bits per heavy atom. The Kier molecular flexibility index (Phi) is 4.46. The number of nitrogens with two attached hydrogens (primary N) is 1. The summed E-state index contributed by atoms with van der Waals surface area (Å²) in [6.07, 6.45) is 6.30. The van der Waals surface area contributed by atoms with E-state index in [4.69, 9.17) is 5.73 Å². The van der Waals surface area contributed by atoms with Crippen LogP contribution in [0.5, 0.6) is 0 Å². The molecule has 1 amide bonds. The van der Waals surface area contributed by atoms with Gasteiger partial charge in [0, 0.05) is 18.7 Å². The summed E-state index contributed by atoms with van der Waals surface area (Å²) in [7, 11) is 0. The van der Waals surface area contributed by atoms with Gasteiger partial charge in [-0.05, 0) is 48.8 Å². The van der Waals surface area contributed by atoms with Crippen LogP contribution < -0.4 is 11.1 Å². The van der Waals surface area contributed by atoms with Crippen LogP contribution in [0.2, 0.25) is 0 Å². The van der Waals surface area contributed by atoms with Crippen molar-refractivity contribution in [2.45, 2.75) is 45.4 Å². The SMILES string of the molecule is CCCC1(CNC(=O)CCc2cccc(N)c2)CC1. The standard InChI is InChI=1S/C16H24N2O/c1-2-8-16(9-10-16)12-18-15(19)7-6-13-4-3-5-14(17)11-13/h3-5,11H,2,6-10,12,17H2,1H3,(H,18,19). The molecule has 1 aromatic rings. The second-order valence-electron chi connectivity index (χ2n) is 5.77. The number of nitrogens with one attached hydrogen (secondary N) is 1. The molecule has 3 heteroatoms. The Bertz CT molecular complexity index is 438. The fraction of sp³-hybridized carbons (Fsp3) is 0.562. The first-order valence-electron chi connectivity index (χ1n) is 7.25. The lowest BCUT2D eigenvalue weighted by atomic mass is 10.0. The molecule has 1 aromatic carbocycles. The topological polar surface area (TPSA) is 55.1 Å². The van der Waals surface area contributed by atoms with E-state index >= 15 is 0 Å². The van der Waals surface area contributed by atoms with Gasteiger partial charge in [-0.15, -0.1) is 0 Å². The van der Waals surface area contributed by atoms with Crippen LogP contribution in [0.3, 0.4) is 0 Å². The van der Waals surface area contributed by atoms with Crippen molar-refractivity contribution in [3.05, 3.63) is 29.8 Å². The molecule has 0 radical (unpaired) electrons. The van der Waals surface area contributed by atoms with E-state index in [1.807, 2.05) is 24.3 Å². The molecule has 1 saturated carbocycles. The van der Waals surface area contributed by atoms with E-state index < -0.39 is 0 Å². The van der Waals surface area contributed by atoms with Gasteiger partial charge in [-0.1, -0.05) is 25.5 Å². The molecular formula is C16H24N2O. The first kappa shape index (κ1) is 13.9. The van der Waals surface area contributed by atoms with Gasteiger partial charge in [0.15, 0.2) is 0 Å². The number of rotatable bonds is 7. The van der Waals surface area contributed by atoms with Crippen molar-refractivity contribution in [2.24, 2.45) is 5.41 Å². The van der Waals surface area contributed by atoms with Gasteiger partial charge in [0.25, 0.3) is 0 Å². The number of carbonyl (C=O) groups is 1. The van der Waals surface area contributed by atoms with Crippen LogP contribution in [0, 0.1) is 5.41 Å². The number of benzene rings is 1. The molecule has 104 valence electrons. The summed E-state index contributed by atoms with van der Waals surface area (Å²) in [6, 6.07) is 7.75. The van der Waals surface area contributed by atoms with Crippen molar-refractivity contribution in [1.82, 2.24) is 5.32 Å². The van der Waals surface area contributed by atoms with Crippen molar-refractivity contribution in [3.63, 3.8) is 0 Å². The predicted molar refractivity (Wildman–Crippen MR) is 78.8 cm³/mol. The Labute approximate surface area is 115 Å². The van der Waals surface area contributed by atoms with E-state index in [9.17, 15) is 4.79 Å². The molecule has 0 saturated heterocycles. The van der Waals surface area contributed by atoms with Crippen LogP contribution in [0.15, 0.2) is 24.3 Å². The van der Waals surface area contributed by atoms with Gasteiger partial charge in [0.2, 0.25) is 5.91 Å². The largest absolute Gasteiger partial charge is 0.399 e. The van der Waals surface area contributed by atoms with Crippen LogP contribution >= 0.6 is 0 Å². The lowest BCUT2D eigenvalue weighted by Crippen LogP contribution is -2.30. The summed E-state index contributed by atoms with van der Waals surface area (Å²) >= 11 is 0. The summed E-state index contributed by atoms with van der Waals surface area (Å²) in [5.74, 6) is 0.157. The van der Waals surface area contributed by atoms with Crippen LogP contribution in [0.1, 0.15) is 44.6 Å². The quantitative estimate of drug-likeness (QED) is 0.741. The Morgan fingerprint density at radius 1 is 1.42 bits per heavy atom. The number of anilines is 1. The first-order chi connectivity index (χ1) is 9.13. The van der Waals surface area contributed by atoms with Crippen LogP contribution in [-0.4, -0.2) is 12.5 Å². The third kappa shape index (κ3) is 4.27. The van der Waals surface area contributed by atoms with E-state index in [2.05, 4.69) is 12.2 Å². The van der Waals surface area contributed by atoms with E-state index in [-0.39, 0.29) is 5.91 Å². The molecule has 0 atom stereocenters. The van der Waals surface area contributed by atoms with Crippen LogP contribution in [0.4, 0.5) is 5.69 Å². The Morgan fingerprint density at radius 2 is 2.21 bits per heavy atom. The highest BCUT2D eigenvalue weighted by atomic mass is 16.1. The van der Waals surface area contributed by atoms with E-state index in [0.717, 1.165) is 24.2 Å². The molecule has 3 N–H and O–H groups in total. The second kappa shape index (κ2) is 6.09. The molecule has 0 heterocycles. The summed E-state index contributed by atoms with van der Waals surface area (Å²) in [6.45, 7) is 3.07. The number of carbonyl (C=O) groups excluding carboxylic acids is 1. The van der Waals surface area contributed by atoms with Gasteiger partial charge in [0.1, 0.15) is 0 Å². The lowest BCUT2D eigenvalue weighted by Gasteiger charge is -2.14. The van der Waals surface area contributed by atoms with E-state index in [0.29, 0.717) is 11.8 Å². The maximum atomic E-state index is 11.8. The molecule has 1 fully saturated rings. The normalized spacial score (nSPS) is 16.1. The maximum Gasteiger partial charge on any atom is 0.220 e. The summed E-state index contributed by atoms with van der Waals surface area (Å²) in [5, 5.41) is 3.08. The molecule has 0 spiro atoms. The molecular weight excluding hydrogens is 236 g/mol. The van der Waals surface area contributed by atoms with Crippen molar-refractivity contribution in [2.75, 3.05) is 12.3 Å². The monoisotopic (exact) mass is 260 g/mol. The molecule has 3 nitrogen and oxygen atoms in total. The van der Waals surface area contributed by atoms with Crippen molar-refractivity contribution >= 4 is 11.6 Å². The molecule has 0 aromatic heterocycles. The summed E-state index contributed by atoms with van der Waals surface area (Å²) < 4.78 is 0.